The van der Waals surface area contributed by atoms with Crippen molar-refractivity contribution in [3.8, 4) is 28.1 Å². The zero-order valence-corrected chi connectivity index (χ0v) is 17.6. The van der Waals surface area contributed by atoms with E-state index in [9.17, 15) is 4.79 Å². The number of pyridine rings is 1. The summed E-state index contributed by atoms with van der Waals surface area (Å²) < 4.78 is 20.8. The number of carbonyl (C=O) groups excluding carboxylic acids is 1. The van der Waals surface area contributed by atoms with Crippen LogP contribution in [0.2, 0.25) is 0 Å². The van der Waals surface area contributed by atoms with E-state index < -0.39 is 5.82 Å². The third-order valence-corrected chi connectivity index (χ3v) is 5.41. The summed E-state index contributed by atoms with van der Waals surface area (Å²) in [5.41, 5.74) is 11.0. The van der Waals surface area contributed by atoms with Crippen molar-refractivity contribution in [2.45, 2.75) is 26.7 Å². The number of hydrogen-bond donors (Lipinski definition) is 2. The molecule has 3 rings (SSSR count). The van der Waals surface area contributed by atoms with E-state index >= 15 is 4.39 Å². The average Bonchev–Trinajstić information content (AvgIpc) is 2.77. The smallest absolute Gasteiger partial charge is 0.211 e. The maximum absolute atomic E-state index is 15.3. The highest BCUT2D eigenvalue weighted by atomic mass is 19.1. The van der Waals surface area contributed by atoms with Crippen molar-refractivity contribution in [1.82, 2.24) is 4.98 Å². The van der Waals surface area contributed by atoms with Crippen LogP contribution in [0.4, 0.5) is 10.1 Å². The fraction of sp³-hybridized carbons (Fsp3) is 0.250. The summed E-state index contributed by atoms with van der Waals surface area (Å²) in [6, 6.07) is 11.6. The van der Waals surface area contributed by atoms with Gasteiger partial charge in [0.1, 0.15) is 0 Å². The van der Waals surface area contributed by atoms with E-state index in [1.165, 1.54) is 7.11 Å². The Balaban J connectivity index is 2.40. The largest absolute Gasteiger partial charge is 0.493 e. The number of hydrogen-bond acceptors (Lipinski definition) is 4. The molecule has 1 heterocycles. The minimum atomic E-state index is -0.520. The number of nitrogens with one attached hydrogen (secondary N) is 1. The van der Waals surface area contributed by atoms with Crippen LogP contribution in [-0.4, -0.2) is 25.0 Å². The van der Waals surface area contributed by atoms with Crippen LogP contribution in [0.3, 0.4) is 0 Å². The van der Waals surface area contributed by atoms with E-state index in [1.807, 2.05) is 43.3 Å². The second-order valence-electron chi connectivity index (χ2n) is 7.29. The Morgan fingerprint density at radius 2 is 1.90 bits per heavy atom. The highest BCUT2D eigenvalue weighted by Crippen LogP contribution is 2.47. The molecular formula is C24H26FN3O2. The highest BCUT2D eigenvalue weighted by Gasteiger charge is 2.26. The fourth-order valence-electron chi connectivity index (χ4n) is 3.62. The zero-order valence-electron chi connectivity index (χ0n) is 17.6. The SMILES string of the molecule is COc1c(F)c(C)c(NC=O)c(-c2ncccc2C)c1-c1ccc(C(C)CN)cc1. The summed E-state index contributed by atoms with van der Waals surface area (Å²) in [6.07, 6.45) is 2.22. The normalized spacial score (nSPS) is 11.8. The molecule has 0 spiro atoms. The van der Waals surface area contributed by atoms with Crippen LogP contribution >= 0.6 is 0 Å². The first-order valence-electron chi connectivity index (χ1n) is 9.77. The molecule has 0 aliphatic heterocycles. The fourth-order valence-corrected chi connectivity index (χ4v) is 3.62. The number of carbonyl (C=O) groups is 1. The van der Waals surface area contributed by atoms with Crippen LogP contribution in [0.5, 0.6) is 5.75 Å². The molecule has 1 atom stereocenters. The van der Waals surface area contributed by atoms with E-state index in [4.69, 9.17) is 10.5 Å². The molecule has 3 aromatic rings. The molecule has 5 nitrogen and oxygen atoms in total. The highest BCUT2D eigenvalue weighted by molar-refractivity contribution is 5.99. The number of amides is 1. The molecule has 156 valence electrons. The number of ether oxygens (including phenoxy) is 1. The third kappa shape index (κ3) is 3.78. The van der Waals surface area contributed by atoms with Gasteiger partial charge in [-0.1, -0.05) is 37.3 Å². The van der Waals surface area contributed by atoms with Gasteiger partial charge in [0.05, 0.1) is 18.5 Å². The van der Waals surface area contributed by atoms with E-state index in [-0.39, 0.29) is 17.2 Å². The van der Waals surface area contributed by atoms with E-state index in [0.717, 1.165) is 16.7 Å². The number of aryl methyl sites for hydroxylation is 1. The Kier molecular flexibility index (Phi) is 6.47. The molecule has 0 radical (unpaired) electrons. The van der Waals surface area contributed by atoms with Crippen LogP contribution in [0, 0.1) is 19.7 Å². The number of aromatic nitrogens is 1. The lowest BCUT2D eigenvalue weighted by atomic mass is 9.89. The molecule has 0 saturated heterocycles. The van der Waals surface area contributed by atoms with Crippen LogP contribution in [0.25, 0.3) is 22.4 Å². The van der Waals surface area contributed by atoms with Gasteiger partial charge < -0.3 is 15.8 Å². The molecule has 30 heavy (non-hydrogen) atoms. The second kappa shape index (κ2) is 9.05. The van der Waals surface area contributed by atoms with Crippen molar-refractivity contribution in [2.24, 2.45) is 5.73 Å². The van der Waals surface area contributed by atoms with E-state index in [2.05, 4.69) is 17.2 Å². The van der Waals surface area contributed by atoms with Crippen molar-refractivity contribution >= 4 is 12.1 Å². The second-order valence-corrected chi connectivity index (χ2v) is 7.29. The first kappa shape index (κ1) is 21.5. The lowest BCUT2D eigenvalue weighted by Gasteiger charge is -2.22. The van der Waals surface area contributed by atoms with Gasteiger partial charge in [-0.2, -0.15) is 0 Å². The summed E-state index contributed by atoms with van der Waals surface area (Å²) in [5, 5.41) is 2.68. The Morgan fingerprint density at radius 1 is 1.20 bits per heavy atom. The van der Waals surface area contributed by atoms with Gasteiger partial charge in [0.15, 0.2) is 11.6 Å². The van der Waals surface area contributed by atoms with Crippen molar-refractivity contribution in [3.63, 3.8) is 0 Å². The Morgan fingerprint density at radius 3 is 2.47 bits per heavy atom. The Hall–Kier alpha value is -3.25. The van der Waals surface area contributed by atoms with Crippen molar-refractivity contribution < 1.29 is 13.9 Å². The van der Waals surface area contributed by atoms with Crippen LogP contribution in [-0.2, 0) is 4.79 Å². The van der Waals surface area contributed by atoms with Crippen LogP contribution in [0.1, 0.15) is 29.5 Å². The van der Waals surface area contributed by atoms with Crippen molar-refractivity contribution in [3.05, 3.63) is 65.1 Å². The molecule has 0 bridgehead atoms. The van der Waals surface area contributed by atoms with E-state index in [0.29, 0.717) is 35.5 Å². The summed E-state index contributed by atoms with van der Waals surface area (Å²) in [4.78, 5) is 15.9. The third-order valence-electron chi connectivity index (χ3n) is 5.41. The number of methoxy groups -OCH3 is 1. The summed E-state index contributed by atoms with van der Waals surface area (Å²) in [6.45, 7) is 6.12. The predicted octanol–water partition coefficient (Wildman–Crippen LogP) is 4.81. The standard InChI is InChI=1S/C24H26FN3O2/c1-14-6-5-11-27-22(14)20-19(18-9-7-17(8-10-18)15(2)12-26)24(30-4)21(25)16(3)23(20)28-13-29/h5-11,13,15H,12,26H2,1-4H3,(H,28,29). The molecule has 2 aromatic carbocycles. The monoisotopic (exact) mass is 407 g/mol. The molecule has 1 amide bonds. The number of benzene rings is 2. The van der Waals surface area contributed by atoms with Gasteiger partial charge in [-0.15, -0.1) is 0 Å². The molecule has 0 saturated carbocycles. The molecular weight excluding hydrogens is 381 g/mol. The zero-order chi connectivity index (χ0) is 21.8. The molecule has 0 aliphatic carbocycles. The molecule has 0 aliphatic rings. The quantitative estimate of drug-likeness (QED) is 0.551. The van der Waals surface area contributed by atoms with Gasteiger partial charge in [-0.05, 0) is 49.1 Å². The van der Waals surface area contributed by atoms with Crippen molar-refractivity contribution in [2.75, 3.05) is 19.0 Å². The van der Waals surface area contributed by atoms with E-state index in [1.54, 1.807) is 13.1 Å². The summed E-state index contributed by atoms with van der Waals surface area (Å²) in [7, 11) is 1.44. The first-order chi connectivity index (χ1) is 14.4. The predicted molar refractivity (Wildman–Crippen MR) is 118 cm³/mol. The Bertz CT molecular complexity index is 1070. The summed E-state index contributed by atoms with van der Waals surface area (Å²) in [5.74, 6) is -0.197. The van der Waals surface area contributed by atoms with Gasteiger partial charge in [-0.25, -0.2) is 4.39 Å². The van der Waals surface area contributed by atoms with Crippen LogP contribution < -0.4 is 15.8 Å². The molecule has 1 unspecified atom stereocenters. The van der Waals surface area contributed by atoms with Gasteiger partial charge >= 0.3 is 0 Å². The minimum Gasteiger partial charge on any atom is -0.493 e. The van der Waals surface area contributed by atoms with Crippen LogP contribution in [0.15, 0.2) is 42.6 Å². The molecule has 0 fully saturated rings. The maximum atomic E-state index is 15.3. The number of nitrogens with zero attached hydrogens (tertiary/aromatic N) is 1. The Labute approximate surface area is 176 Å². The maximum Gasteiger partial charge on any atom is 0.211 e. The average molecular weight is 407 g/mol. The minimum absolute atomic E-state index is 0.114. The van der Waals surface area contributed by atoms with Gasteiger partial charge in [0, 0.05) is 22.9 Å². The van der Waals surface area contributed by atoms with Gasteiger partial charge in [-0.3, -0.25) is 9.78 Å². The number of rotatable bonds is 7. The lowest BCUT2D eigenvalue weighted by Crippen LogP contribution is -2.09. The molecule has 1 aromatic heterocycles. The number of anilines is 1. The number of nitrogens with two attached hydrogens (primary N) is 1. The van der Waals surface area contributed by atoms with Gasteiger partial charge in [0.25, 0.3) is 0 Å². The first-order valence-corrected chi connectivity index (χ1v) is 9.77. The number of halogens is 1. The van der Waals surface area contributed by atoms with Crippen molar-refractivity contribution in [1.29, 1.82) is 0 Å². The topological polar surface area (TPSA) is 77.2 Å². The molecule has 3 N–H and O–H groups in total. The summed E-state index contributed by atoms with van der Waals surface area (Å²) >= 11 is 0. The van der Waals surface area contributed by atoms with Gasteiger partial charge in [0.2, 0.25) is 6.41 Å². The lowest BCUT2D eigenvalue weighted by molar-refractivity contribution is -0.105. The molecule has 6 heteroatoms.